The van der Waals surface area contributed by atoms with Crippen LogP contribution in [0.15, 0.2) is 47.4 Å². The van der Waals surface area contributed by atoms with Crippen LogP contribution in [0, 0.1) is 0 Å². The lowest BCUT2D eigenvalue weighted by atomic mass is 10.2. The molecule has 11 nitrogen and oxygen atoms in total. The number of nitrogens with one attached hydrogen (secondary N) is 2. The van der Waals surface area contributed by atoms with Crippen LogP contribution < -0.4 is 16.3 Å². The number of alkyl carbamates (subject to hydrolysis) is 1. The summed E-state index contributed by atoms with van der Waals surface area (Å²) in [5, 5.41) is 13.8. The lowest BCUT2D eigenvalue weighted by molar-refractivity contribution is -0.139. The summed E-state index contributed by atoms with van der Waals surface area (Å²) >= 11 is 0. The summed E-state index contributed by atoms with van der Waals surface area (Å²) in [4.78, 5) is 51.0. The van der Waals surface area contributed by atoms with Crippen molar-refractivity contribution in [2.24, 2.45) is 0 Å². The molecule has 3 N–H and O–H groups in total. The predicted octanol–water partition coefficient (Wildman–Crippen LogP) is 1.97. The molecular formula is C20H24N4O7. The Bertz CT molecular complexity index is 983. The van der Waals surface area contributed by atoms with Crippen molar-refractivity contribution in [2.75, 3.05) is 5.32 Å². The van der Waals surface area contributed by atoms with Crippen LogP contribution in [0.5, 0.6) is 0 Å². The van der Waals surface area contributed by atoms with E-state index in [1.807, 2.05) is 6.07 Å². The number of benzene rings is 1. The third kappa shape index (κ3) is 8.17. The molecule has 1 aromatic carbocycles. The van der Waals surface area contributed by atoms with Crippen molar-refractivity contribution in [1.29, 1.82) is 0 Å². The van der Waals surface area contributed by atoms with E-state index >= 15 is 0 Å². The number of nitrogens with zero attached hydrogens (tertiary/aromatic N) is 2. The van der Waals surface area contributed by atoms with E-state index in [-0.39, 0.29) is 19.0 Å². The van der Waals surface area contributed by atoms with Gasteiger partial charge in [-0.15, -0.1) is 0 Å². The monoisotopic (exact) mass is 432 g/mol. The van der Waals surface area contributed by atoms with Gasteiger partial charge in [-0.3, -0.25) is 9.88 Å². The highest BCUT2D eigenvalue weighted by Gasteiger charge is 2.24. The summed E-state index contributed by atoms with van der Waals surface area (Å²) in [5.41, 5.74) is -0.843. The minimum atomic E-state index is -1.43. The molecular weight excluding hydrogens is 408 g/mol. The molecule has 2 rings (SSSR count). The second-order valence-corrected chi connectivity index (χ2v) is 7.47. The highest BCUT2D eigenvalue weighted by atomic mass is 16.6. The second kappa shape index (κ2) is 10.2. The van der Waals surface area contributed by atoms with Gasteiger partial charge in [0.1, 0.15) is 24.1 Å². The van der Waals surface area contributed by atoms with E-state index in [9.17, 15) is 24.3 Å². The molecule has 0 fully saturated rings. The zero-order valence-electron chi connectivity index (χ0n) is 17.3. The lowest BCUT2D eigenvalue weighted by Crippen LogP contribution is -2.47. The van der Waals surface area contributed by atoms with Crippen LogP contribution in [0.2, 0.25) is 0 Å². The third-order valence-corrected chi connectivity index (χ3v) is 3.69. The minimum Gasteiger partial charge on any atom is -0.480 e. The Labute approximate surface area is 178 Å². The largest absolute Gasteiger partial charge is 0.480 e. The first-order valence-electron chi connectivity index (χ1n) is 9.31. The Kier molecular flexibility index (Phi) is 7.72. The lowest BCUT2D eigenvalue weighted by Gasteiger charge is -2.22. The molecule has 1 aromatic heterocycles. The van der Waals surface area contributed by atoms with Gasteiger partial charge in [0, 0.05) is 6.20 Å². The SMILES string of the molecule is CC(C)(C)OC(=O)N[C@@H](Cn1ccc(NC(=O)OCc2ccccc2)nc1=O)C(=O)O. The zero-order chi connectivity index (χ0) is 23.0. The highest BCUT2D eigenvalue weighted by Crippen LogP contribution is 2.07. The van der Waals surface area contributed by atoms with Crippen LogP contribution in [0.4, 0.5) is 15.4 Å². The van der Waals surface area contributed by atoms with E-state index in [1.54, 1.807) is 45.0 Å². The van der Waals surface area contributed by atoms with Gasteiger partial charge in [0.25, 0.3) is 0 Å². The third-order valence-electron chi connectivity index (χ3n) is 3.69. The molecule has 1 atom stereocenters. The van der Waals surface area contributed by atoms with Gasteiger partial charge in [-0.25, -0.2) is 19.2 Å². The summed E-state index contributed by atoms with van der Waals surface area (Å²) in [7, 11) is 0. The van der Waals surface area contributed by atoms with Gasteiger partial charge in [0.05, 0.1) is 6.54 Å². The highest BCUT2D eigenvalue weighted by molar-refractivity contribution is 5.83. The number of hydrogen-bond acceptors (Lipinski definition) is 7. The number of aromatic nitrogens is 2. The number of aliphatic carboxylic acids is 1. The molecule has 2 aromatic rings. The topological polar surface area (TPSA) is 149 Å². The number of carbonyl (C=O) groups is 3. The van der Waals surface area contributed by atoms with E-state index in [2.05, 4.69) is 15.6 Å². The van der Waals surface area contributed by atoms with Crippen LogP contribution >= 0.6 is 0 Å². The fraction of sp³-hybridized carbons (Fsp3) is 0.350. The molecule has 0 unspecified atom stereocenters. The number of carbonyl (C=O) groups excluding carboxylic acids is 2. The smallest absolute Gasteiger partial charge is 0.413 e. The Morgan fingerprint density at radius 2 is 1.81 bits per heavy atom. The first-order chi connectivity index (χ1) is 14.5. The van der Waals surface area contributed by atoms with Gasteiger partial charge in [-0.05, 0) is 32.4 Å². The molecule has 0 bridgehead atoms. The van der Waals surface area contributed by atoms with E-state index in [4.69, 9.17) is 9.47 Å². The first-order valence-corrected chi connectivity index (χ1v) is 9.31. The van der Waals surface area contributed by atoms with Crippen LogP contribution in [0.25, 0.3) is 0 Å². The number of rotatable bonds is 7. The van der Waals surface area contributed by atoms with Gasteiger partial charge in [0.15, 0.2) is 0 Å². The molecule has 1 heterocycles. The van der Waals surface area contributed by atoms with Gasteiger partial charge < -0.3 is 19.9 Å². The van der Waals surface area contributed by atoms with E-state index in [1.165, 1.54) is 12.3 Å². The normalized spacial score (nSPS) is 11.8. The fourth-order valence-corrected chi connectivity index (χ4v) is 2.33. The number of carboxylic acid groups (broad SMARTS) is 1. The van der Waals surface area contributed by atoms with Crippen molar-refractivity contribution in [1.82, 2.24) is 14.9 Å². The fourth-order valence-electron chi connectivity index (χ4n) is 2.33. The maximum atomic E-state index is 12.2. The number of amides is 2. The minimum absolute atomic E-state index is 0.0420. The van der Waals surface area contributed by atoms with Crippen LogP contribution in [-0.4, -0.2) is 44.5 Å². The first kappa shape index (κ1) is 23.4. The molecule has 166 valence electrons. The molecule has 11 heteroatoms. The van der Waals surface area contributed by atoms with Gasteiger partial charge in [0.2, 0.25) is 0 Å². The summed E-state index contributed by atoms with van der Waals surface area (Å²) in [5.74, 6) is -1.42. The molecule has 0 saturated heterocycles. The molecule has 0 aliphatic heterocycles. The molecule has 0 saturated carbocycles. The quantitative estimate of drug-likeness (QED) is 0.601. The van der Waals surface area contributed by atoms with Gasteiger partial charge >= 0.3 is 23.8 Å². The summed E-state index contributed by atoms with van der Waals surface area (Å²) in [6, 6.07) is 8.90. The van der Waals surface area contributed by atoms with Crippen molar-refractivity contribution in [3.8, 4) is 0 Å². The average Bonchev–Trinajstić information content (AvgIpc) is 2.67. The van der Waals surface area contributed by atoms with Crippen LogP contribution in [-0.2, 0) is 27.4 Å². The number of hydrogen-bond donors (Lipinski definition) is 3. The van der Waals surface area contributed by atoms with Crippen molar-refractivity contribution >= 4 is 24.0 Å². The maximum Gasteiger partial charge on any atom is 0.413 e. The maximum absolute atomic E-state index is 12.2. The van der Waals surface area contributed by atoms with E-state index in [0.29, 0.717) is 0 Å². The summed E-state index contributed by atoms with van der Waals surface area (Å²) in [6.45, 7) is 4.55. The van der Waals surface area contributed by atoms with E-state index in [0.717, 1.165) is 10.1 Å². The molecule has 2 amide bonds. The van der Waals surface area contributed by atoms with Crippen molar-refractivity contribution in [3.05, 3.63) is 58.6 Å². The van der Waals surface area contributed by atoms with Crippen molar-refractivity contribution in [2.45, 2.75) is 45.6 Å². The van der Waals surface area contributed by atoms with Crippen molar-refractivity contribution < 1.29 is 29.0 Å². The Morgan fingerprint density at radius 3 is 2.39 bits per heavy atom. The average molecular weight is 432 g/mol. The standard InChI is InChI=1S/C20H24N4O7/c1-20(2,3)31-19(29)21-14(16(25)26)11-24-10-9-15(22-17(24)27)23-18(28)30-12-13-7-5-4-6-8-13/h4-10,14H,11-12H2,1-3H3,(H,21,29)(H,25,26)(H,22,23,27,28)/t14-/m0/s1. The predicted molar refractivity (Wildman–Crippen MR) is 110 cm³/mol. The zero-order valence-corrected chi connectivity index (χ0v) is 17.3. The van der Waals surface area contributed by atoms with Gasteiger partial charge in [-0.2, -0.15) is 4.98 Å². The Hall–Kier alpha value is -3.89. The number of carboxylic acids is 1. The van der Waals surface area contributed by atoms with Crippen LogP contribution in [0.3, 0.4) is 0 Å². The molecule has 31 heavy (non-hydrogen) atoms. The number of anilines is 1. The van der Waals surface area contributed by atoms with E-state index < -0.39 is 35.5 Å². The molecule has 0 radical (unpaired) electrons. The Morgan fingerprint density at radius 1 is 1.13 bits per heavy atom. The van der Waals surface area contributed by atoms with Gasteiger partial charge in [-0.1, -0.05) is 30.3 Å². The molecule has 0 aliphatic rings. The van der Waals surface area contributed by atoms with Crippen LogP contribution in [0.1, 0.15) is 26.3 Å². The number of ether oxygens (including phenoxy) is 2. The Balaban J connectivity index is 1.97. The summed E-state index contributed by atoms with van der Waals surface area (Å²) in [6.07, 6.45) is -0.488. The molecule has 0 aliphatic carbocycles. The summed E-state index contributed by atoms with van der Waals surface area (Å²) < 4.78 is 11.1. The second-order valence-electron chi connectivity index (χ2n) is 7.47. The molecule has 0 spiro atoms. The van der Waals surface area contributed by atoms with Crippen molar-refractivity contribution in [3.63, 3.8) is 0 Å².